The van der Waals surface area contributed by atoms with Gasteiger partial charge in [-0.1, -0.05) is 391 Å². The summed E-state index contributed by atoms with van der Waals surface area (Å²) in [6, 6.07) is -0.991. The molecule has 0 aromatic heterocycles. The van der Waals surface area contributed by atoms with E-state index in [4.69, 9.17) is 28.4 Å². The second kappa shape index (κ2) is 73.0. The van der Waals surface area contributed by atoms with Crippen LogP contribution in [0.3, 0.4) is 0 Å². The Morgan fingerprint density at radius 2 is 0.571 bits per heavy atom. The third kappa shape index (κ3) is 50.8. The summed E-state index contributed by atoms with van der Waals surface area (Å²) in [6.07, 6.45) is 67.6. The van der Waals surface area contributed by atoms with Crippen LogP contribution in [0, 0.1) is 0 Å². The Balaban J connectivity index is 1.30. The number of nitrogens with one attached hydrogen (secondary N) is 1. The van der Waals surface area contributed by atoms with Gasteiger partial charge in [0.2, 0.25) is 5.91 Å². The average Bonchev–Trinajstić information content (AvgIpc) is 0.780. The van der Waals surface area contributed by atoms with Crippen LogP contribution in [0.25, 0.3) is 0 Å². The Hall–Kier alpha value is -1.99. The third-order valence-electron chi connectivity index (χ3n) is 23.7. The minimum Gasteiger partial charge on any atom is -0.394 e. The van der Waals surface area contributed by atoms with Crippen molar-refractivity contribution >= 4 is 5.91 Å². The molecule has 17 atom stereocenters. The van der Waals surface area contributed by atoms with E-state index in [0.29, 0.717) is 12.8 Å². The van der Waals surface area contributed by atoms with Crippen LogP contribution in [0.15, 0.2) is 36.5 Å². The predicted molar refractivity (Wildman–Crippen MR) is 453 cm³/mol. The molecule has 17 unspecified atom stereocenters. The number of aliphatic hydroxyl groups is 11. The monoisotopic (exact) mass is 1590 g/mol. The molecule has 0 radical (unpaired) electrons. The lowest BCUT2D eigenvalue weighted by atomic mass is 9.96. The van der Waals surface area contributed by atoms with E-state index >= 15 is 0 Å². The highest BCUT2D eigenvalue weighted by Gasteiger charge is 2.54. The van der Waals surface area contributed by atoms with E-state index in [1.807, 2.05) is 6.08 Å². The number of carbonyl (C=O) groups is 1. The number of allylic oxidation sites excluding steroid dienone is 5. The molecule has 112 heavy (non-hydrogen) atoms. The van der Waals surface area contributed by atoms with Crippen molar-refractivity contribution in [2.75, 3.05) is 26.4 Å². The van der Waals surface area contributed by atoms with Gasteiger partial charge in [-0.2, -0.15) is 0 Å². The summed E-state index contributed by atoms with van der Waals surface area (Å²) in [6.45, 7) is 1.79. The molecule has 1 amide bonds. The van der Waals surface area contributed by atoms with Crippen LogP contribution in [0.2, 0.25) is 0 Å². The zero-order chi connectivity index (χ0) is 81.0. The first-order valence-corrected chi connectivity index (χ1v) is 47.2. The summed E-state index contributed by atoms with van der Waals surface area (Å²) in [7, 11) is 0. The molecule has 3 saturated heterocycles. The van der Waals surface area contributed by atoms with Gasteiger partial charge in [0, 0.05) is 6.42 Å². The van der Waals surface area contributed by atoms with Crippen molar-refractivity contribution in [3.63, 3.8) is 0 Å². The minimum atomic E-state index is -1.98. The molecule has 0 aromatic carbocycles. The summed E-state index contributed by atoms with van der Waals surface area (Å²) < 4.78 is 34.5. The van der Waals surface area contributed by atoms with E-state index in [1.54, 1.807) is 6.08 Å². The number of unbranched alkanes of at least 4 members (excludes halogenated alkanes) is 58. The van der Waals surface area contributed by atoms with Crippen LogP contribution >= 0.6 is 0 Å². The first kappa shape index (κ1) is 104. The Morgan fingerprint density at radius 1 is 0.312 bits per heavy atom. The molecule has 3 aliphatic rings. The zero-order valence-electron chi connectivity index (χ0n) is 71.4. The van der Waals surface area contributed by atoms with E-state index in [0.717, 1.165) is 38.5 Å². The fourth-order valence-electron chi connectivity index (χ4n) is 16.2. The molecule has 19 nitrogen and oxygen atoms in total. The normalized spacial score (nSPS) is 25.0. The highest BCUT2D eigenvalue weighted by molar-refractivity contribution is 5.76. The molecule has 19 heteroatoms. The summed E-state index contributed by atoms with van der Waals surface area (Å²) in [5.74, 6) is -0.276. The molecule has 3 aliphatic heterocycles. The van der Waals surface area contributed by atoms with E-state index in [-0.39, 0.29) is 18.9 Å². The van der Waals surface area contributed by atoms with Gasteiger partial charge in [0.05, 0.1) is 38.6 Å². The lowest BCUT2D eigenvalue weighted by molar-refractivity contribution is -0.379. The molecule has 660 valence electrons. The maximum absolute atomic E-state index is 13.5. The largest absolute Gasteiger partial charge is 0.394 e. The maximum Gasteiger partial charge on any atom is 0.220 e. The fourth-order valence-corrected chi connectivity index (χ4v) is 16.2. The number of amides is 1. The molecule has 0 bridgehead atoms. The molecule has 0 aliphatic carbocycles. The summed E-state index contributed by atoms with van der Waals surface area (Å²) in [4.78, 5) is 13.5. The maximum atomic E-state index is 13.5. The molecular weight excluding hydrogens is 1420 g/mol. The number of aliphatic hydroxyl groups excluding tert-OH is 11. The van der Waals surface area contributed by atoms with Crippen molar-refractivity contribution in [1.29, 1.82) is 0 Å². The van der Waals surface area contributed by atoms with Gasteiger partial charge in [-0.3, -0.25) is 4.79 Å². The van der Waals surface area contributed by atoms with Crippen LogP contribution in [0.1, 0.15) is 418 Å². The lowest BCUT2D eigenvalue weighted by Crippen LogP contribution is -2.66. The Bertz CT molecular complexity index is 2160. The minimum absolute atomic E-state index is 0.240. The van der Waals surface area contributed by atoms with Crippen LogP contribution < -0.4 is 5.32 Å². The molecule has 0 spiro atoms. The highest BCUT2D eigenvalue weighted by atomic mass is 16.8. The standard InChI is InChI=1S/C93H175NO18/c1-3-5-7-9-11-13-15-17-19-21-23-25-27-29-31-33-34-35-36-37-38-39-40-41-42-43-45-47-49-51-53-55-57-59-61-63-65-67-69-71-81(99)94-76(77(98)70-68-66-64-62-60-58-56-54-52-50-48-46-44-32-30-28-26-24-22-20-18-16-14-12-10-8-6-4-2)75-107-91-87(105)84(102)89(79(73-96)109-91)112-93-88(106)85(103)90(80(74-97)110-93)111-92-86(104)83(101)82(100)78(72-95)108-92/h21,23,60,62,68,70,76-80,82-93,95-98,100-106H,3-20,22,24-59,61,63-67,69,71-75H2,1-2H3,(H,94,99)/b23-21-,62-60+,70-68+. The van der Waals surface area contributed by atoms with Crippen molar-refractivity contribution in [2.45, 2.75) is 523 Å². The summed E-state index contributed by atoms with van der Waals surface area (Å²) >= 11 is 0. The van der Waals surface area contributed by atoms with Crippen molar-refractivity contribution in [3.05, 3.63) is 36.5 Å². The van der Waals surface area contributed by atoms with Crippen molar-refractivity contribution in [1.82, 2.24) is 5.32 Å². The van der Waals surface area contributed by atoms with Gasteiger partial charge in [-0.05, 0) is 57.8 Å². The van der Waals surface area contributed by atoms with Gasteiger partial charge in [0.15, 0.2) is 18.9 Å². The van der Waals surface area contributed by atoms with Crippen LogP contribution in [0.5, 0.6) is 0 Å². The molecule has 3 fully saturated rings. The molecule has 0 aromatic rings. The van der Waals surface area contributed by atoms with E-state index < -0.39 is 124 Å². The molecule has 3 rings (SSSR count). The molecular formula is C93H175NO18. The van der Waals surface area contributed by atoms with E-state index in [9.17, 15) is 61.0 Å². The van der Waals surface area contributed by atoms with Gasteiger partial charge in [0.25, 0.3) is 0 Å². The second-order valence-electron chi connectivity index (χ2n) is 33.8. The van der Waals surface area contributed by atoms with Crippen molar-refractivity contribution < 1.29 is 89.4 Å². The SMILES string of the molecule is CCCCCCCCCC/C=C\CCCCCCCCCCCCCCCCCCCCCCCCCCCCCC(=O)NC(COC1OC(CO)C(OC2OC(CO)C(OC3OC(CO)C(O)C(O)C3O)C(O)C2O)C(O)C1O)C(O)/C=C/CC/C=C/CCCCCCCCCCCCCCCCCCCCCCCC. The van der Waals surface area contributed by atoms with Gasteiger partial charge < -0.3 is 89.9 Å². The van der Waals surface area contributed by atoms with E-state index in [1.165, 1.54) is 347 Å². The van der Waals surface area contributed by atoms with Crippen molar-refractivity contribution in [3.8, 4) is 0 Å². The molecule has 3 heterocycles. The van der Waals surface area contributed by atoms with Crippen molar-refractivity contribution in [2.24, 2.45) is 0 Å². The Kier molecular flexibility index (Phi) is 67.9. The highest BCUT2D eigenvalue weighted by Crippen LogP contribution is 2.34. The average molecular weight is 1600 g/mol. The van der Waals surface area contributed by atoms with Gasteiger partial charge in [-0.25, -0.2) is 0 Å². The first-order valence-electron chi connectivity index (χ1n) is 47.2. The van der Waals surface area contributed by atoms with E-state index in [2.05, 4.69) is 43.5 Å². The second-order valence-corrected chi connectivity index (χ2v) is 33.8. The molecule has 0 saturated carbocycles. The fraction of sp³-hybridized carbons (Fsp3) is 0.925. The van der Waals surface area contributed by atoms with Gasteiger partial charge >= 0.3 is 0 Å². The number of carbonyl (C=O) groups excluding carboxylic acids is 1. The van der Waals surface area contributed by atoms with Crippen LogP contribution in [0.4, 0.5) is 0 Å². The van der Waals surface area contributed by atoms with Gasteiger partial charge in [-0.15, -0.1) is 0 Å². The summed E-state index contributed by atoms with van der Waals surface area (Å²) in [5.41, 5.74) is 0. The third-order valence-corrected chi connectivity index (χ3v) is 23.7. The first-order chi connectivity index (χ1) is 54.8. The zero-order valence-corrected chi connectivity index (χ0v) is 71.4. The van der Waals surface area contributed by atoms with Gasteiger partial charge in [0.1, 0.15) is 73.2 Å². The predicted octanol–water partition coefficient (Wildman–Crippen LogP) is 18.6. The number of rotatable bonds is 78. The van der Waals surface area contributed by atoms with Crippen LogP contribution in [-0.2, 0) is 33.2 Å². The van der Waals surface area contributed by atoms with Crippen LogP contribution in [-0.4, -0.2) is 193 Å². The Morgan fingerprint density at radius 3 is 0.893 bits per heavy atom. The lowest BCUT2D eigenvalue weighted by Gasteiger charge is -2.48. The molecule has 12 N–H and O–H groups in total. The smallest absolute Gasteiger partial charge is 0.220 e. The number of hydrogen-bond acceptors (Lipinski definition) is 18. The number of hydrogen-bond donors (Lipinski definition) is 12. The Labute approximate surface area is 682 Å². The topological polar surface area (TPSA) is 307 Å². The number of ether oxygens (including phenoxy) is 6. The summed E-state index contributed by atoms with van der Waals surface area (Å²) in [5, 5.41) is 121. The quantitative estimate of drug-likeness (QED) is 0.0199.